The zero-order chi connectivity index (χ0) is 18.1. The Morgan fingerprint density at radius 2 is 2.08 bits per heavy atom. The van der Waals surface area contributed by atoms with Crippen LogP contribution in [0, 0.1) is 0 Å². The second-order valence-corrected chi connectivity index (χ2v) is 7.18. The molecule has 0 aliphatic carbocycles. The summed E-state index contributed by atoms with van der Waals surface area (Å²) in [6, 6.07) is 13.3. The number of benzene rings is 2. The number of hydrogen-bond donors (Lipinski definition) is 0. The van der Waals surface area contributed by atoms with Crippen molar-refractivity contribution in [1.82, 2.24) is 14.5 Å². The number of carbonyl (C=O) groups is 1. The maximum atomic E-state index is 12.0. The van der Waals surface area contributed by atoms with Gasteiger partial charge in [0.2, 0.25) is 0 Å². The molecule has 26 heavy (non-hydrogen) atoms. The van der Waals surface area contributed by atoms with E-state index in [9.17, 15) is 4.79 Å². The summed E-state index contributed by atoms with van der Waals surface area (Å²) >= 11 is 7.51. The van der Waals surface area contributed by atoms with Gasteiger partial charge in [-0.15, -0.1) is 11.3 Å². The first-order valence-electron chi connectivity index (χ1n) is 7.91. The molecule has 4 rings (SSSR count). The zero-order valence-corrected chi connectivity index (χ0v) is 15.4. The van der Waals surface area contributed by atoms with Gasteiger partial charge in [0.05, 0.1) is 21.3 Å². The van der Waals surface area contributed by atoms with Crippen molar-refractivity contribution in [3.05, 3.63) is 64.4 Å². The zero-order valence-electron chi connectivity index (χ0n) is 13.8. The molecule has 0 radical (unpaired) electrons. The number of aromatic nitrogens is 3. The van der Waals surface area contributed by atoms with Crippen LogP contribution in [-0.4, -0.2) is 20.5 Å². The Labute approximate surface area is 158 Å². The summed E-state index contributed by atoms with van der Waals surface area (Å²) in [5.41, 5.74) is 2.63. The Morgan fingerprint density at radius 1 is 1.23 bits per heavy atom. The normalized spacial score (nSPS) is 11.6. The van der Waals surface area contributed by atoms with Crippen molar-refractivity contribution >= 4 is 56.2 Å². The Hall–Kier alpha value is -2.70. The highest BCUT2D eigenvalue weighted by Crippen LogP contribution is 2.22. The molecule has 0 aliphatic heterocycles. The van der Waals surface area contributed by atoms with Crippen molar-refractivity contribution in [2.75, 3.05) is 0 Å². The van der Waals surface area contributed by atoms with Gasteiger partial charge in [0.25, 0.3) is 0 Å². The van der Waals surface area contributed by atoms with Crippen LogP contribution in [0.15, 0.2) is 48.5 Å². The molecule has 2 aromatic carbocycles. The van der Waals surface area contributed by atoms with Gasteiger partial charge in [-0.05, 0) is 36.4 Å². The molecule has 0 atom stereocenters. The first-order chi connectivity index (χ1) is 12.6. The number of carbonyl (C=O) groups excluding carboxylic acids is 1. The third kappa shape index (κ3) is 3.34. The highest BCUT2D eigenvalue weighted by Gasteiger charge is 2.10. The Morgan fingerprint density at radius 3 is 2.92 bits per heavy atom. The van der Waals surface area contributed by atoms with Gasteiger partial charge in [0.15, 0.2) is 0 Å². The maximum absolute atomic E-state index is 12.0. The molecule has 0 fully saturated rings. The molecule has 0 spiro atoms. The van der Waals surface area contributed by atoms with E-state index < -0.39 is 5.97 Å². The average molecular weight is 384 g/mol. The first-order valence-corrected chi connectivity index (χ1v) is 9.11. The van der Waals surface area contributed by atoms with Gasteiger partial charge in [-0.3, -0.25) is 0 Å². The molecule has 0 saturated carbocycles. The summed E-state index contributed by atoms with van der Waals surface area (Å²) in [5, 5.41) is 1.39. The summed E-state index contributed by atoms with van der Waals surface area (Å²) in [5.74, 6) is 0.221. The minimum absolute atomic E-state index is 0.0891. The highest BCUT2D eigenvalue weighted by atomic mass is 35.5. The van der Waals surface area contributed by atoms with Crippen LogP contribution in [0.2, 0.25) is 5.02 Å². The molecule has 0 amide bonds. The van der Waals surface area contributed by atoms with Gasteiger partial charge >= 0.3 is 5.97 Å². The third-order valence-electron chi connectivity index (χ3n) is 3.95. The largest absolute Gasteiger partial charge is 0.454 e. The van der Waals surface area contributed by atoms with Gasteiger partial charge < -0.3 is 9.30 Å². The number of halogens is 1. The molecule has 0 saturated heterocycles. The maximum Gasteiger partial charge on any atom is 0.331 e. The van der Waals surface area contributed by atoms with Crippen LogP contribution in [0.3, 0.4) is 0 Å². The lowest BCUT2D eigenvalue weighted by atomic mass is 10.3. The van der Waals surface area contributed by atoms with Gasteiger partial charge in [0.1, 0.15) is 17.4 Å². The molecule has 2 heterocycles. The molecule has 4 aromatic rings. The monoisotopic (exact) mass is 383 g/mol. The number of nitrogens with zero attached hydrogens (tertiary/aromatic N) is 3. The van der Waals surface area contributed by atoms with E-state index in [1.54, 1.807) is 12.1 Å². The van der Waals surface area contributed by atoms with Crippen LogP contribution in [-0.2, 0) is 23.2 Å². The minimum atomic E-state index is -0.436. The van der Waals surface area contributed by atoms with Crippen molar-refractivity contribution in [2.45, 2.75) is 6.61 Å². The van der Waals surface area contributed by atoms with Crippen molar-refractivity contribution < 1.29 is 9.53 Å². The number of fused-ring (bicyclic) bond motifs is 2. The molecular weight excluding hydrogens is 370 g/mol. The van der Waals surface area contributed by atoms with E-state index in [1.807, 2.05) is 48.0 Å². The number of esters is 1. The minimum Gasteiger partial charge on any atom is -0.454 e. The van der Waals surface area contributed by atoms with Crippen LogP contribution in [0.4, 0.5) is 0 Å². The summed E-state index contributed by atoms with van der Waals surface area (Å²) in [6.07, 6.45) is 3.05. The molecule has 0 N–H and O–H groups in total. The van der Waals surface area contributed by atoms with E-state index >= 15 is 0 Å². The lowest BCUT2D eigenvalue weighted by molar-refractivity contribution is -0.139. The summed E-state index contributed by atoms with van der Waals surface area (Å²) in [6.45, 7) is 0.0891. The molecular formula is C19H14ClN3O2S. The summed E-state index contributed by atoms with van der Waals surface area (Å²) < 4.78 is 8.27. The molecule has 0 bridgehead atoms. The lowest BCUT2D eigenvalue weighted by Crippen LogP contribution is -2.05. The Kier molecular flexibility index (Phi) is 4.44. The average Bonchev–Trinajstić information content (AvgIpc) is 3.18. The SMILES string of the molecule is Cn1c(COC(=O)C=Cc2nc3ccccc3s2)nc2cc(Cl)ccc21. The number of imidazole rings is 1. The number of rotatable bonds is 4. The summed E-state index contributed by atoms with van der Waals surface area (Å²) in [4.78, 5) is 20.9. The highest BCUT2D eigenvalue weighted by molar-refractivity contribution is 7.19. The standard InChI is InChI=1S/C19H14ClN3O2S/c1-23-15-7-6-12(20)10-14(15)21-17(23)11-25-19(24)9-8-18-22-13-4-2-3-5-16(13)26-18/h2-10H,11H2,1H3. The fraction of sp³-hybridized carbons (Fsp3) is 0.105. The quantitative estimate of drug-likeness (QED) is 0.382. The third-order valence-corrected chi connectivity index (χ3v) is 5.19. The van der Waals surface area contributed by atoms with Crippen LogP contribution >= 0.6 is 22.9 Å². The number of thiazole rings is 1. The van der Waals surface area contributed by atoms with Gasteiger partial charge in [-0.25, -0.2) is 14.8 Å². The first kappa shape index (κ1) is 16.8. The van der Waals surface area contributed by atoms with Crippen LogP contribution in [0.5, 0.6) is 0 Å². The second kappa shape index (κ2) is 6.90. The van der Waals surface area contributed by atoms with Crippen molar-refractivity contribution in [3.63, 3.8) is 0 Å². The fourth-order valence-electron chi connectivity index (χ4n) is 2.64. The van der Waals surface area contributed by atoms with E-state index in [0.717, 1.165) is 26.3 Å². The van der Waals surface area contributed by atoms with E-state index in [0.29, 0.717) is 10.8 Å². The number of aryl methyl sites for hydroxylation is 1. The second-order valence-electron chi connectivity index (χ2n) is 5.68. The Balaban J connectivity index is 1.44. The Bertz CT molecular complexity index is 1110. The van der Waals surface area contributed by atoms with E-state index in [2.05, 4.69) is 9.97 Å². The van der Waals surface area contributed by atoms with Crippen molar-refractivity contribution in [2.24, 2.45) is 7.05 Å². The fourth-order valence-corrected chi connectivity index (χ4v) is 3.67. The van der Waals surface area contributed by atoms with E-state index in [1.165, 1.54) is 17.4 Å². The topological polar surface area (TPSA) is 57.0 Å². The smallest absolute Gasteiger partial charge is 0.331 e. The lowest BCUT2D eigenvalue weighted by Gasteiger charge is -2.02. The number of hydrogen-bond acceptors (Lipinski definition) is 5. The number of ether oxygens (including phenoxy) is 1. The van der Waals surface area contributed by atoms with E-state index in [-0.39, 0.29) is 6.61 Å². The van der Waals surface area contributed by atoms with Crippen LogP contribution in [0.25, 0.3) is 27.3 Å². The number of para-hydroxylation sites is 1. The van der Waals surface area contributed by atoms with Gasteiger partial charge in [-0.2, -0.15) is 0 Å². The van der Waals surface area contributed by atoms with Crippen LogP contribution < -0.4 is 0 Å². The van der Waals surface area contributed by atoms with E-state index in [4.69, 9.17) is 16.3 Å². The van der Waals surface area contributed by atoms with Crippen LogP contribution in [0.1, 0.15) is 10.8 Å². The molecule has 2 aromatic heterocycles. The van der Waals surface area contributed by atoms with Crippen molar-refractivity contribution in [1.29, 1.82) is 0 Å². The molecule has 7 heteroatoms. The molecule has 0 aliphatic rings. The van der Waals surface area contributed by atoms with Crippen molar-refractivity contribution in [3.8, 4) is 0 Å². The van der Waals surface area contributed by atoms with Gasteiger partial charge in [-0.1, -0.05) is 23.7 Å². The predicted molar refractivity (Wildman–Crippen MR) is 104 cm³/mol. The summed E-state index contributed by atoms with van der Waals surface area (Å²) in [7, 11) is 1.88. The van der Waals surface area contributed by atoms with Gasteiger partial charge in [0, 0.05) is 18.1 Å². The predicted octanol–water partition coefficient (Wildman–Crippen LogP) is 4.59. The molecule has 5 nitrogen and oxygen atoms in total. The molecule has 0 unspecified atom stereocenters. The molecule has 130 valence electrons.